The molecule has 0 amide bonds. The molecule has 5 heterocycles. The molecule has 1 aliphatic heterocycles. The van der Waals surface area contributed by atoms with Crippen molar-refractivity contribution in [2.45, 2.75) is 39.0 Å². The number of halogens is 2. The highest BCUT2D eigenvalue weighted by atomic mass is 35.5. The van der Waals surface area contributed by atoms with E-state index in [9.17, 15) is 0 Å². The van der Waals surface area contributed by atoms with Crippen molar-refractivity contribution < 1.29 is 4.39 Å². The van der Waals surface area contributed by atoms with E-state index in [1.165, 1.54) is 36.9 Å². The molecule has 4 aromatic heterocycles. The van der Waals surface area contributed by atoms with Crippen LogP contribution in [0.2, 0.25) is 5.15 Å². The summed E-state index contributed by atoms with van der Waals surface area (Å²) in [5, 5.41) is 3.65. The minimum atomic E-state index is -0.268. The predicted molar refractivity (Wildman–Crippen MR) is 150 cm³/mol. The molecular weight excluding hydrogens is 521 g/mol. The van der Waals surface area contributed by atoms with Gasteiger partial charge < -0.3 is 14.8 Å². The first kappa shape index (κ1) is 24.3. The summed E-state index contributed by atoms with van der Waals surface area (Å²) in [7, 11) is 0. The molecule has 1 saturated heterocycles. The average molecular weight is 552 g/mol. The van der Waals surface area contributed by atoms with Crippen LogP contribution < -0.4 is 9.80 Å². The van der Waals surface area contributed by atoms with Gasteiger partial charge in [-0.3, -0.25) is 0 Å². The molecule has 0 radical (unpaired) electrons. The van der Waals surface area contributed by atoms with E-state index in [1.54, 1.807) is 11.3 Å². The number of aromatic nitrogens is 5. The van der Waals surface area contributed by atoms with Gasteiger partial charge in [-0.15, -0.1) is 11.3 Å². The van der Waals surface area contributed by atoms with E-state index >= 15 is 4.39 Å². The molecule has 4 aromatic rings. The van der Waals surface area contributed by atoms with E-state index in [-0.39, 0.29) is 5.82 Å². The fraction of sp³-hybridized carbons (Fsp3) is 0.500. The molecule has 2 bridgehead atoms. The summed E-state index contributed by atoms with van der Waals surface area (Å²) in [5.41, 5.74) is 2.45. The standard InChI is InChI=1S/C28H31ClFN7S/c1-16-17-4-6-18(7-5-17)19(16)13-21-24(30)28(37-10-8-36(9-11-37)23-3-2-12-38-23)35-26(33-21)20-14-31-27-25(20)34-22(29)15-32-27/h2-3,12,14-19H,4-11,13H2,1H3,(H,31,32)/t16-,17?,18?,19+/m0/s1. The molecule has 0 spiro atoms. The second-order valence-electron chi connectivity index (χ2n) is 11.1. The van der Waals surface area contributed by atoms with Gasteiger partial charge in [0.2, 0.25) is 0 Å². The maximum Gasteiger partial charge on any atom is 0.187 e. The van der Waals surface area contributed by atoms with Crippen molar-refractivity contribution in [1.82, 2.24) is 24.9 Å². The predicted octanol–water partition coefficient (Wildman–Crippen LogP) is 6.21. The van der Waals surface area contributed by atoms with Crippen molar-refractivity contribution in [2.75, 3.05) is 36.0 Å². The number of hydrogen-bond donors (Lipinski definition) is 1. The average Bonchev–Trinajstić information content (AvgIpc) is 3.63. The Morgan fingerprint density at radius 3 is 2.55 bits per heavy atom. The van der Waals surface area contributed by atoms with Crippen LogP contribution >= 0.6 is 22.9 Å². The molecule has 4 fully saturated rings. The number of thiophene rings is 1. The fourth-order valence-electron chi connectivity index (χ4n) is 7.03. The van der Waals surface area contributed by atoms with Gasteiger partial charge in [0.15, 0.2) is 23.1 Å². The van der Waals surface area contributed by atoms with Crippen molar-refractivity contribution in [2.24, 2.45) is 23.7 Å². The number of anilines is 2. The van der Waals surface area contributed by atoms with Crippen LogP contribution in [0.4, 0.5) is 15.2 Å². The molecule has 3 saturated carbocycles. The minimum absolute atomic E-state index is 0.268. The summed E-state index contributed by atoms with van der Waals surface area (Å²) in [6.07, 6.45) is 9.12. The summed E-state index contributed by atoms with van der Waals surface area (Å²) in [4.78, 5) is 26.1. The Bertz CT molecular complexity index is 1440. The highest BCUT2D eigenvalue weighted by molar-refractivity contribution is 7.14. The summed E-state index contributed by atoms with van der Waals surface area (Å²) < 4.78 is 16.3. The van der Waals surface area contributed by atoms with Gasteiger partial charge >= 0.3 is 0 Å². The van der Waals surface area contributed by atoms with Crippen LogP contribution in [0.25, 0.3) is 22.6 Å². The van der Waals surface area contributed by atoms with Gasteiger partial charge in [-0.25, -0.2) is 24.3 Å². The van der Waals surface area contributed by atoms with Gasteiger partial charge in [0, 0.05) is 32.4 Å². The number of fused-ring (bicyclic) bond motifs is 4. The van der Waals surface area contributed by atoms with Gasteiger partial charge in [-0.1, -0.05) is 18.5 Å². The molecule has 2 atom stereocenters. The third-order valence-electron chi connectivity index (χ3n) is 9.16. The van der Waals surface area contributed by atoms with Gasteiger partial charge in [-0.2, -0.15) is 0 Å². The summed E-state index contributed by atoms with van der Waals surface area (Å²) in [5.74, 6) is 3.07. The van der Waals surface area contributed by atoms with E-state index in [0.717, 1.165) is 19.0 Å². The summed E-state index contributed by atoms with van der Waals surface area (Å²) in [6.45, 7) is 5.42. The van der Waals surface area contributed by atoms with E-state index in [1.807, 2.05) is 6.20 Å². The maximum absolute atomic E-state index is 16.3. The molecule has 38 heavy (non-hydrogen) atoms. The summed E-state index contributed by atoms with van der Waals surface area (Å²) >= 11 is 7.92. The van der Waals surface area contributed by atoms with Crippen molar-refractivity contribution in [3.8, 4) is 11.4 Å². The molecular formula is C28H31ClFN7S. The summed E-state index contributed by atoms with van der Waals surface area (Å²) in [6, 6.07) is 4.22. The van der Waals surface area contributed by atoms with Crippen LogP contribution in [0.1, 0.15) is 38.3 Å². The Morgan fingerprint density at radius 1 is 1.05 bits per heavy atom. The maximum atomic E-state index is 16.3. The van der Waals surface area contributed by atoms with Crippen LogP contribution in [0, 0.1) is 29.5 Å². The third kappa shape index (κ3) is 4.24. The number of H-pyrrole nitrogens is 1. The van der Waals surface area contributed by atoms with Crippen LogP contribution in [-0.4, -0.2) is 51.1 Å². The van der Waals surface area contributed by atoms with Gasteiger partial charge in [-0.05, 0) is 73.3 Å². The Kier molecular flexibility index (Phi) is 6.23. The highest BCUT2D eigenvalue weighted by Crippen LogP contribution is 2.50. The zero-order valence-electron chi connectivity index (χ0n) is 21.4. The molecule has 0 aromatic carbocycles. The number of hydrogen-bond acceptors (Lipinski definition) is 7. The van der Waals surface area contributed by atoms with Crippen molar-refractivity contribution in [3.05, 3.63) is 46.6 Å². The molecule has 1 N–H and O–H groups in total. The first-order chi connectivity index (χ1) is 18.5. The molecule has 0 unspecified atom stereocenters. The SMILES string of the molecule is C[C@H]1C2CCC(CC2)[C@@H]1Cc1nc(-c2c[nH]c3ncc(Cl)nc23)nc(N2CCN(c3cccs3)CC2)c1F. The van der Waals surface area contributed by atoms with Gasteiger partial charge in [0.25, 0.3) is 0 Å². The number of nitrogens with zero attached hydrogens (tertiary/aromatic N) is 6. The van der Waals surface area contributed by atoms with Crippen molar-refractivity contribution in [1.29, 1.82) is 0 Å². The Labute approximate surface area is 230 Å². The molecule has 3 aliphatic carbocycles. The molecule has 198 valence electrons. The largest absolute Gasteiger partial charge is 0.360 e. The first-order valence-corrected chi connectivity index (χ1v) is 14.9. The second-order valence-corrected chi connectivity index (χ2v) is 12.4. The molecule has 8 rings (SSSR count). The lowest BCUT2D eigenvalue weighted by molar-refractivity contribution is 0.0334. The monoisotopic (exact) mass is 551 g/mol. The van der Waals surface area contributed by atoms with E-state index in [2.05, 4.69) is 49.2 Å². The van der Waals surface area contributed by atoms with Crippen LogP contribution in [0.15, 0.2) is 29.9 Å². The Hall–Kier alpha value is -2.78. The third-order valence-corrected chi connectivity index (χ3v) is 10.3. The minimum Gasteiger partial charge on any atom is -0.360 e. The van der Waals surface area contributed by atoms with Gasteiger partial charge in [0.1, 0.15) is 10.7 Å². The van der Waals surface area contributed by atoms with Crippen LogP contribution in [0.3, 0.4) is 0 Å². The number of aromatic amines is 1. The lowest BCUT2D eigenvalue weighted by atomic mass is 9.58. The van der Waals surface area contributed by atoms with Crippen LogP contribution in [0.5, 0.6) is 0 Å². The van der Waals surface area contributed by atoms with Crippen molar-refractivity contribution in [3.63, 3.8) is 0 Å². The second kappa shape index (κ2) is 9.75. The number of nitrogens with one attached hydrogen (secondary N) is 1. The van der Waals surface area contributed by atoms with Gasteiger partial charge in [0.05, 0.1) is 22.5 Å². The number of rotatable bonds is 5. The highest BCUT2D eigenvalue weighted by Gasteiger charge is 2.42. The zero-order chi connectivity index (χ0) is 25.8. The quantitative estimate of drug-likeness (QED) is 0.318. The molecule has 10 heteroatoms. The topological polar surface area (TPSA) is 73.8 Å². The Balaban J connectivity index is 1.27. The first-order valence-electron chi connectivity index (χ1n) is 13.6. The van der Waals surface area contributed by atoms with Crippen LogP contribution in [-0.2, 0) is 6.42 Å². The zero-order valence-corrected chi connectivity index (χ0v) is 23.0. The van der Waals surface area contributed by atoms with E-state index in [4.69, 9.17) is 21.6 Å². The molecule has 7 nitrogen and oxygen atoms in total. The normalized spacial score (nSPS) is 25.4. The van der Waals surface area contributed by atoms with Crippen molar-refractivity contribution >= 4 is 44.9 Å². The lowest BCUT2D eigenvalue weighted by Crippen LogP contribution is -2.47. The van der Waals surface area contributed by atoms with E-state index in [0.29, 0.717) is 76.5 Å². The number of piperazine rings is 1. The smallest absolute Gasteiger partial charge is 0.187 e. The molecule has 4 aliphatic rings. The Morgan fingerprint density at radius 2 is 1.82 bits per heavy atom. The fourth-order valence-corrected chi connectivity index (χ4v) is 7.95. The van der Waals surface area contributed by atoms with E-state index < -0.39 is 0 Å². The lowest BCUT2D eigenvalue weighted by Gasteiger charge is -2.47.